The first-order chi connectivity index (χ1) is 15.2. The number of hydrogen-bond acceptors (Lipinski definition) is 4. The van der Waals surface area contributed by atoms with Gasteiger partial charge in [0.15, 0.2) is 6.61 Å². The number of carbonyl (C=O) groups is 1. The number of hydrogen-bond donors (Lipinski definition) is 0. The summed E-state index contributed by atoms with van der Waals surface area (Å²) in [6.07, 6.45) is 8.00. The van der Waals surface area contributed by atoms with Crippen LogP contribution < -0.4 is 4.74 Å². The van der Waals surface area contributed by atoms with Crippen molar-refractivity contribution in [2.45, 2.75) is 62.6 Å². The Hall–Kier alpha value is -2.11. The lowest BCUT2D eigenvalue weighted by atomic mass is 9.76. The third-order valence-electron chi connectivity index (χ3n) is 7.71. The largest absolute Gasteiger partial charge is 0.483 e. The van der Waals surface area contributed by atoms with Crippen LogP contribution >= 0.6 is 0 Å². The van der Waals surface area contributed by atoms with Crippen LogP contribution in [0.4, 0.5) is 0 Å². The smallest absolute Gasteiger partial charge is 0.260 e. The molecule has 2 aromatic rings. The number of benzene rings is 2. The van der Waals surface area contributed by atoms with Gasteiger partial charge in [0.05, 0.1) is 5.60 Å². The Kier molecular flexibility index (Phi) is 5.89. The standard InChI is InChI=1S/C26H34N2O3/c1-27(25(29)19-30-24-11-6-9-20-8-2-3-10-21(20)24)22-12-14-26(13-7-17-31-26)18-23(22)28-15-4-5-16-28/h2-3,6,8-11,22-23H,4-5,7,12-19H2,1H3/t22-,23-,26+/m0/s1. The van der Waals surface area contributed by atoms with Crippen molar-refractivity contribution in [1.29, 1.82) is 0 Å². The normalized spacial score (nSPS) is 28.9. The van der Waals surface area contributed by atoms with E-state index >= 15 is 0 Å². The van der Waals surface area contributed by atoms with Crippen LogP contribution in [0.15, 0.2) is 42.5 Å². The average molecular weight is 423 g/mol. The molecule has 166 valence electrons. The first kappa shape index (κ1) is 20.8. The van der Waals surface area contributed by atoms with Gasteiger partial charge < -0.3 is 14.4 Å². The van der Waals surface area contributed by atoms with Crippen molar-refractivity contribution in [3.63, 3.8) is 0 Å². The maximum Gasteiger partial charge on any atom is 0.260 e. The van der Waals surface area contributed by atoms with E-state index in [0.717, 1.165) is 55.5 Å². The first-order valence-corrected chi connectivity index (χ1v) is 11.9. The minimum absolute atomic E-state index is 0.0487. The number of fused-ring (bicyclic) bond motifs is 1. The van der Waals surface area contributed by atoms with E-state index in [-0.39, 0.29) is 24.2 Å². The van der Waals surface area contributed by atoms with Gasteiger partial charge in [-0.2, -0.15) is 0 Å². The molecule has 0 radical (unpaired) electrons. The van der Waals surface area contributed by atoms with Crippen molar-refractivity contribution < 1.29 is 14.3 Å². The lowest BCUT2D eigenvalue weighted by Gasteiger charge is -2.48. The van der Waals surface area contributed by atoms with Gasteiger partial charge in [-0.25, -0.2) is 0 Å². The minimum atomic E-state index is 0.0487. The number of rotatable bonds is 5. The van der Waals surface area contributed by atoms with E-state index in [1.54, 1.807) is 0 Å². The average Bonchev–Trinajstić information content (AvgIpc) is 3.50. The van der Waals surface area contributed by atoms with E-state index in [1.165, 1.54) is 25.7 Å². The summed E-state index contributed by atoms with van der Waals surface area (Å²) in [6.45, 7) is 3.26. The van der Waals surface area contributed by atoms with Crippen molar-refractivity contribution in [3.05, 3.63) is 42.5 Å². The summed E-state index contributed by atoms with van der Waals surface area (Å²) in [7, 11) is 1.97. The molecule has 2 saturated heterocycles. The molecule has 0 bridgehead atoms. The van der Waals surface area contributed by atoms with Crippen LogP contribution in [-0.4, -0.2) is 66.7 Å². The van der Waals surface area contributed by atoms with Gasteiger partial charge in [0.25, 0.3) is 5.91 Å². The topological polar surface area (TPSA) is 42.0 Å². The number of carbonyl (C=O) groups excluding carboxylic acids is 1. The van der Waals surface area contributed by atoms with E-state index < -0.39 is 0 Å². The molecule has 2 heterocycles. The summed E-state index contributed by atoms with van der Waals surface area (Å²) in [6, 6.07) is 14.8. The summed E-state index contributed by atoms with van der Waals surface area (Å²) < 4.78 is 12.3. The Balaban J connectivity index is 1.28. The van der Waals surface area contributed by atoms with Crippen molar-refractivity contribution in [3.8, 4) is 5.75 Å². The molecule has 0 aromatic heterocycles. The van der Waals surface area contributed by atoms with Gasteiger partial charge >= 0.3 is 0 Å². The van der Waals surface area contributed by atoms with Gasteiger partial charge in [0.1, 0.15) is 5.75 Å². The number of likely N-dealkylation sites (N-methyl/N-ethyl adjacent to an activating group) is 1. The second-order valence-corrected chi connectivity index (χ2v) is 9.53. The Labute approximate surface area is 185 Å². The zero-order valence-corrected chi connectivity index (χ0v) is 18.6. The Morgan fingerprint density at radius 1 is 1.13 bits per heavy atom. The summed E-state index contributed by atoms with van der Waals surface area (Å²) in [5, 5.41) is 2.18. The molecule has 1 saturated carbocycles. The molecule has 0 unspecified atom stereocenters. The summed E-state index contributed by atoms with van der Waals surface area (Å²) in [5.41, 5.74) is 0.0487. The molecule has 5 rings (SSSR count). The zero-order valence-electron chi connectivity index (χ0n) is 18.6. The van der Waals surface area contributed by atoms with Crippen LogP contribution in [-0.2, 0) is 9.53 Å². The number of ether oxygens (including phenoxy) is 2. The van der Waals surface area contributed by atoms with E-state index in [0.29, 0.717) is 6.04 Å². The fraction of sp³-hybridized carbons (Fsp3) is 0.577. The molecule has 2 aromatic carbocycles. The maximum atomic E-state index is 13.2. The molecule has 3 fully saturated rings. The van der Waals surface area contributed by atoms with Crippen molar-refractivity contribution in [2.24, 2.45) is 0 Å². The summed E-state index contributed by atoms with van der Waals surface area (Å²) in [4.78, 5) is 17.8. The molecule has 5 heteroatoms. The Morgan fingerprint density at radius 3 is 2.74 bits per heavy atom. The van der Waals surface area contributed by atoms with Gasteiger partial charge in [-0.1, -0.05) is 36.4 Å². The third kappa shape index (κ3) is 4.18. The maximum absolute atomic E-state index is 13.2. The van der Waals surface area contributed by atoms with Crippen LogP contribution in [0.2, 0.25) is 0 Å². The highest BCUT2D eigenvalue weighted by molar-refractivity contribution is 5.88. The zero-order chi connectivity index (χ0) is 21.3. The van der Waals surface area contributed by atoms with Gasteiger partial charge in [-0.05, 0) is 69.5 Å². The monoisotopic (exact) mass is 422 g/mol. The van der Waals surface area contributed by atoms with Crippen LogP contribution in [0.3, 0.4) is 0 Å². The summed E-state index contributed by atoms with van der Waals surface area (Å²) in [5.74, 6) is 0.836. The predicted molar refractivity (Wildman–Crippen MR) is 122 cm³/mol. The predicted octanol–water partition coefficient (Wildman–Crippen LogP) is 4.24. The van der Waals surface area contributed by atoms with E-state index in [9.17, 15) is 4.79 Å². The van der Waals surface area contributed by atoms with E-state index in [4.69, 9.17) is 9.47 Å². The van der Waals surface area contributed by atoms with Crippen molar-refractivity contribution >= 4 is 16.7 Å². The van der Waals surface area contributed by atoms with Gasteiger partial charge in [0.2, 0.25) is 0 Å². The molecule has 5 nitrogen and oxygen atoms in total. The fourth-order valence-electron chi connectivity index (χ4n) is 5.98. The second-order valence-electron chi connectivity index (χ2n) is 9.53. The highest BCUT2D eigenvalue weighted by atomic mass is 16.5. The molecule has 1 aliphatic carbocycles. The molecular formula is C26H34N2O3. The molecule has 3 aliphatic rings. The van der Waals surface area contributed by atoms with E-state index in [1.807, 2.05) is 42.3 Å². The highest BCUT2D eigenvalue weighted by Crippen LogP contribution is 2.43. The lowest BCUT2D eigenvalue weighted by molar-refractivity contribution is -0.139. The SMILES string of the molecule is CN(C(=O)COc1cccc2ccccc12)[C@H]1CC[C@]2(CCCO2)C[C@@H]1N1CCCC1. The van der Waals surface area contributed by atoms with E-state index in [2.05, 4.69) is 17.0 Å². The Bertz CT molecular complexity index is 913. The third-order valence-corrected chi connectivity index (χ3v) is 7.71. The van der Waals surface area contributed by atoms with Crippen LogP contribution in [0.25, 0.3) is 10.8 Å². The van der Waals surface area contributed by atoms with Crippen LogP contribution in [0.1, 0.15) is 44.9 Å². The molecular weight excluding hydrogens is 388 g/mol. The van der Waals surface area contributed by atoms with Crippen LogP contribution in [0, 0.1) is 0 Å². The van der Waals surface area contributed by atoms with Crippen molar-refractivity contribution in [1.82, 2.24) is 9.80 Å². The molecule has 0 N–H and O–H groups in total. The van der Waals surface area contributed by atoms with Gasteiger partial charge in [-0.15, -0.1) is 0 Å². The lowest BCUT2D eigenvalue weighted by Crippen LogP contribution is -2.58. The van der Waals surface area contributed by atoms with Gasteiger partial charge in [-0.3, -0.25) is 9.69 Å². The number of likely N-dealkylation sites (tertiary alicyclic amines) is 1. The van der Waals surface area contributed by atoms with Crippen LogP contribution in [0.5, 0.6) is 5.75 Å². The molecule has 3 atom stereocenters. The molecule has 1 spiro atoms. The van der Waals surface area contributed by atoms with Gasteiger partial charge in [0, 0.05) is 31.1 Å². The quantitative estimate of drug-likeness (QED) is 0.723. The summed E-state index contributed by atoms with van der Waals surface area (Å²) >= 11 is 0. The molecule has 2 aliphatic heterocycles. The fourth-order valence-corrected chi connectivity index (χ4v) is 5.98. The number of nitrogens with zero attached hydrogens (tertiary/aromatic N) is 2. The second kappa shape index (κ2) is 8.79. The number of amides is 1. The Morgan fingerprint density at radius 2 is 1.94 bits per heavy atom. The highest BCUT2D eigenvalue weighted by Gasteiger charge is 2.47. The molecule has 1 amide bonds. The van der Waals surface area contributed by atoms with Crippen molar-refractivity contribution in [2.75, 3.05) is 33.4 Å². The molecule has 31 heavy (non-hydrogen) atoms. The minimum Gasteiger partial charge on any atom is -0.483 e. The first-order valence-electron chi connectivity index (χ1n) is 11.9.